The quantitative estimate of drug-likeness (QED) is 0.724. The molecule has 2 heterocycles. The second-order valence-electron chi connectivity index (χ2n) is 3.99. The first-order valence-corrected chi connectivity index (χ1v) is 5.56. The van der Waals surface area contributed by atoms with Crippen LogP contribution in [0, 0.1) is 5.82 Å². The van der Waals surface area contributed by atoms with Gasteiger partial charge in [-0.1, -0.05) is 12.1 Å². The van der Waals surface area contributed by atoms with Crippen LogP contribution in [0.2, 0.25) is 0 Å². The number of benzene rings is 1. The molecule has 3 N–H and O–H groups in total. The molecular weight excluding hydrogens is 231 g/mol. The van der Waals surface area contributed by atoms with Crippen molar-refractivity contribution in [1.29, 1.82) is 0 Å². The highest BCUT2D eigenvalue weighted by Gasteiger charge is 2.08. The number of halogens is 1. The molecule has 0 aliphatic heterocycles. The minimum atomic E-state index is -0.382. The zero-order valence-electron chi connectivity index (χ0n) is 9.52. The van der Waals surface area contributed by atoms with Crippen molar-refractivity contribution in [2.75, 3.05) is 0 Å². The molecule has 2 aromatic heterocycles. The van der Waals surface area contributed by atoms with Crippen molar-refractivity contribution in [2.24, 2.45) is 5.73 Å². The van der Waals surface area contributed by atoms with Crippen LogP contribution in [-0.4, -0.2) is 15.0 Å². The molecule has 0 saturated carbocycles. The number of para-hydroxylation sites is 1. The van der Waals surface area contributed by atoms with Gasteiger partial charge in [0.05, 0.1) is 17.2 Å². The minimum absolute atomic E-state index is 0.382. The molecule has 0 bridgehead atoms. The molecule has 0 radical (unpaired) electrons. The molecule has 5 heteroatoms. The summed E-state index contributed by atoms with van der Waals surface area (Å²) in [6.45, 7) is 0.420. The summed E-state index contributed by atoms with van der Waals surface area (Å²) in [6.07, 6.45) is 2.74. The monoisotopic (exact) mass is 242 g/mol. The number of nitrogens with zero attached hydrogens (tertiary/aromatic N) is 2. The van der Waals surface area contributed by atoms with E-state index in [4.69, 9.17) is 5.73 Å². The normalized spacial score (nSPS) is 11.0. The van der Waals surface area contributed by atoms with E-state index in [1.54, 1.807) is 6.20 Å². The van der Waals surface area contributed by atoms with Crippen molar-refractivity contribution in [2.45, 2.75) is 6.54 Å². The summed E-state index contributed by atoms with van der Waals surface area (Å²) in [5.41, 5.74) is 8.94. The Bertz CT molecular complexity index is 705. The number of aromatic nitrogens is 3. The van der Waals surface area contributed by atoms with E-state index in [0.29, 0.717) is 17.9 Å². The summed E-state index contributed by atoms with van der Waals surface area (Å²) in [7, 11) is 0. The standard InChI is InChI=1S/C13H11FN4/c14-10-4-9(6-16-7-10)13-17-11-3-1-2-8(5-15)12(11)18-13/h1-4,6-7H,5,15H2,(H,17,18). The molecule has 0 aliphatic rings. The first-order valence-electron chi connectivity index (χ1n) is 5.56. The SMILES string of the molecule is NCc1cccc2[nH]c(-c3cncc(F)c3)nc12. The average Bonchev–Trinajstić information content (AvgIpc) is 2.82. The van der Waals surface area contributed by atoms with Crippen LogP contribution in [0.4, 0.5) is 4.39 Å². The van der Waals surface area contributed by atoms with E-state index < -0.39 is 0 Å². The second kappa shape index (κ2) is 4.19. The van der Waals surface area contributed by atoms with Gasteiger partial charge in [-0.15, -0.1) is 0 Å². The van der Waals surface area contributed by atoms with Crippen LogP contribution in [0.1, 0.15) is 5.56 Å². The van der Waals surface area contributed by atoms with Gasteiger partial charge in [-0.3, -0.25) is 4.98 Å². The van der Waals surface area contributed by atoms with Gasteiger partial charge in [0, 0.05) is 18.3 Å². The van der Waals surface area contributed by atoms with E-state index in [1.807, 2.05) is 18.2 Å². The topological polar surface area (TPSA) is 67.6 Å². The van der Waals surface area contributed by atoms with Crippen LogP contribution in [0.5, 0.6) is 0 Å². The van der Waals surface area contributed by atoms with Crippen LogP contribution in [0.3, 0.4) is 0 Å². The van der Waals surface area contributed by atoms with Gasteiger partial charge in [-0.25, -0.2) is 9.37 Å². The zero-order valence-corrected chi connectivity index (χ0v) is 9.52. The lowest BCUT2D eigenvalue weighted by Gasteiger charge is -1.95. The maximum atomic E-state index is 13.1. The Kier molecular flexibility index (Phi) is 2.53. The highest BCUT2D eigenvalue weighted by molar-refractivity contribution is 5.82. The summed E-state index contributed by atoms with van der Waals surface area (Å²) in [6, 6.07) is 7.15. The Balaban J connectivity index is 2.19. The molecule has 0 unspecified atom stereocenters. The molecule has 0 fully saturated rings. The van der Waals surface area contributed by atoms with Crippen LogP contribution in [-0.2, 0) is 6.54 Å². The largest absolute Gasteiger partial charge is 0.338 e. The van der Waals surface area contributed by atoms with Crippen molar-refractivity contribution < 1.29 is 4.39 Å². The van der Waals surface area contributed by atoms with Gasteiger partial charge < -0.3 is 10.7 Å². The Morgan fingerprint density at radius 1 is 1.28 bits per heavy atom. The average molecular weight is 242 g/mol. The van der Waals surface area contributed by atoms with E-state index >= 15 is 0 Å². The third-order valence-corrected chi connectivity index (χ3v) is 2.79. The minimum Gasteiger partial charge on any atom is -0.338 e. The fourth-order valence-corrected chi connectivity index (χ4v) is 1.93. The maximum Gasteiger partial charge on any atom is 0.142 e. The molecule has 3 rings (SSSR count). The Morgan fingerprint density at radius 3 is 2.94 bits per heavy atom. The molecule has 0 spiro atoms. The van der Waals surface area contributed by atoms with Gasteiger partial charge in [0.15, 0.2) is 0 Å². The molecule has 0 aliphatic carbocycles. The van der Waals surface area contributed by atoms with Crippen LogP contribution in [0.15, 0.2) is 36.7 Å². The number of aromatic amines is 1. The fourth-order valence-electron chi connectivity index (χ4n) is 1.93. The smallest absolute Gasteiger partial charge is 0.142 e. The number of hydrogen-bond acceptors (Lipinski definition) is 3. The number of rotatable bonds is 2. The lowest BCUT2D eigenvalue weighted by molar-refractivity contribution is 0.622. The first kappa shape index (κ1) is 10.9. The Labute approximate surface area is 103 Å². The zero-order chi connectivity index (χ0) is 12.5. The van der Waals surface area contributed by atoms with Gasteiger partial charge >= 0.3 is 0 Å². The van der Waals surface area contributed by atoms with Crippen LogP contribution < -0.4 is 5.73 Å². The van der Waals surface area contributed by atoms with E-state index in [0.717, 1.165) is 22.8 Å². The number of pyridine rings is 1. The van der Waals surface area contributed by atoms with E-state index in [2.05, 4.69) is 15.0 Å². The second-order valence-corrected chi connectivity index (χ2v) is 3.99. The molecular formula is C13H11FN4. The van der Waals surface area contributed by atoms with E-state index in [1.165, 1.54) is 6.07 Å². The number of H-pyrrole nitrogens is 1. The van der Waals surface area contributed by atoms with Crippen molar-refractivity contribution in [3.8, 4) is 11.4 Å². The van der Waals surface area contributed by atoms with E-state index in [9.17, 15) is 4.39 Å². The molecule has 90 valence electrons. The Morgan fingerprint density at radius 2 is 2.17 bits per heavy atom. The number of nitrogens with one attached hydrogen (secondary N) is 1. The summed E-state index contributed by atoms with van der Waals surface area (Å²) < 4.78 is 13.1. The summed E-state index contributed by atoms with van der Waals surface area (Å²) >= 11 is 0. The van der Waals surface area contributed by atoms with Crippen molar-refractivity contribution >= 4 is 11.0 Å². The highest BCUT2D eigenvalue weighted by Crippen LogP contribution is 2.22. The predicted octanol–water partition coefficient (Wildman–Crippen LogP) is 2.22. The lowest BCUT2D eigenvalue weighted by atomic mass is 10.2. The molecule has 0 atom stereocenters. The molecule has 0 saturated heterocycles. The number of fused-ring (bicyclic) bond motifs is 1. The molecule has 3 aromatic rings. The van der Waals surface area contributed by atoms with Gasteiger partial charge in [0.2, 0.25) is 0 Å². The summed E-state index contributed by atoms with van der Waals surface area (Å²) in [5, 5.41) is 0. The third-order valence-electron chi connectivity index (χ3n) is 2.79. The van der Waals surface area contributed by atoms with E-state index in [-0.39, 0.29) is 5.82 Å². The number of imidazole rings is 1. The first-order chi connectivity index (χ1) is 8.78. The van der Waals surface area contributed by atoms with Crippen molar-refractivity contribution in [3.05, 3.63) is 48.0 Å². The number of nitrogens with two attached hydrogens (primary N) is 1. The third kappa shape index (κ3) is 1.74. The Hall–Kier alpha value is -2.27. The maximum absolute atomic E-state index is 13.1. The molecule has 0 amide bonds. The van der Waals surface area contributed by atoms with Gasteiger partial charge in [0.25, 0.3) is 0 Å². The molecule has 18 heavy (non-hydrogen) atoms. The fraction of sp³-hybridized carbons (Fsp3) is 0.0769. The summed E-state index contributed by atoms with van der Waals surface area (Å²) in [4.78, 5) is 11.4. The number of hydrogen-bond donors (Lipinski definition) is 2. The van der Waals surface area contributed by atoms with Gasteiger partial charge in [-0.2, -0.15) is 0 Å². The lowest BCUT2D eigenvalue weighted by Crippen LogP contribution is -1.96. The molecule has 4 nitrogen and oxygen atoms in total. The van der Waals surface area contributed by atoms with Crippen LogP contribution in [0.25, 0.3) is 22.4 Å². The highest BCUT2D eigenvalue weighted by atomic mass is 19.1. The van der Waals surface area contributed by atoms with Gasteiger partial charge in [-0.05, 0) is 17.7 Å². The van der Waals surface area contributed by atoms with Crippen molar-refractivity contribution in [3.63, 3.8) is 0 Å². The van der Waals surface area contributed by atoms with Crippen LogP contribution >= 0.6 is 0 Å². The molecule has 1 aromatic carbocycles. The predicted molar refractivity (Wildman–Crippen MR) is 67.2 cm³/mol. The summed E-state index contributed by atoms with van der Waals surface area (Å²) in [5.74, 6) is 0.213. The van der Waals surface area contributed by atoms with Gasteiger partial charge in [0.1, 0.15) is 11.6 Å². The van der Waals surface area contributed by atoms with Crippen molar-refractivity contribution in [1.82, 2.24) is 15.0 Å².